The lowest BCUT2D eigenvalue weighted by atomic mass is 10.00. The molecule has 2 heteroatoms. The second-order valence-electron chi connectivity index (χ2n) is 3.97. The van der Waals surface area contributed by atoms with Crippen LogP contribution in [0.4, 0.5) is 0 Å². The van der Waals surface area contributed by atoms with Crippen LogP contribution in [0.1, 0.15) is 16.7 Å². The topological polar surface area (TPSA) is 26.0 Å². The summed E-state index contributed by atoms with van der Waals surface area (Å²) in [4.78, 5) is 0. The van der Waals surface area contributed by atoms with Gasteiger partial charge in [-0.25, -0.2) is 0 Å². The summed E-state index contributed by atoms with van der Waals surface area (Å²) in [5.74, 6) is 5.97. The van der Waals surface area contributed by atoms with Gasteiger partial charge >= 0.3 is 0 Å². The minimum absolute atomic E-state index is 0.368. The van der Waals surface area contributed by atoms with Crippen molar-refractivity contribution in [2.75, 3.05) is 6.54 Å². The van der Waals surface area contributed by atoms with Gasteiger partial charge in [0.05, 0.1) is 6.54 Å². The first-order chi connectivity index (χ1) is 8.79. The molecule has 0 atom stereocenters. The summed E-state index contributed by atoms with van der Waals surface area (Å²) >= 11 is 6.04. The van der Waals surface area contributed by atoms with Gasteiger partial charge in [0.25, 0.3) is 0 Å². The molecule has 0 amide bonds. The van der Waals surface area contributed by atoms with Crippen molar-refractivity contribution < 1.29 is 0 Å². The van der Waals surface area contributed by atoms with Crippen LogP contribution in [-0.2, 0) is 6.42 Å². The van der Waals surface area contributed by atoms with Crippen molar-refractivity contribution in [1.82, 2.24) is 0 Å². The van der Waals surface area contributed by atoms with Crippen molar-refractivity contribution in [3.63, 3.8) is 0 Å². The van der Waals surface area contributed by atoms with Crippen molar-refractivity contribution in [3.8, 4) is 11.8 Å². The predicted octanol–water partition coefficient (Wildman–Crippen LogP) is 3.24. The summed E-state index contributed by atoms with van der Waals surface area (Å²) in [5.41, 5.74) is 8.78. The van der Waals surface area contributed by atoms with Gasteiger partial charge in [-0.05, 0) is 35.7 Å². The lowest BCUT2D eigenvalue weighted by Crippen LogP contribution is -1.95. The van der Waals surface area contributed by atoms with Crippen LogP contribution in [-0.4, -0.2) is 6.54 Å². The van der Waals surface area contributed by atoms with Crippen LogP contribution in [0.5, 0.6) is 0 Å². The van der Waals surface area contributed by atoms with Crippen molar-refractivity contribution in [2.45, 2.75) is 6.42 Å². The van der Waals surface area contributed by atoms with Gasteiger partial charge in [-0.3, -0.25) is 0 Å². The van der Waals surface area contributed by atoms with Crippen LogP contribution in [0.2, 0.25) is 5.02 Å². The first-order valence-corrected chi connectivity index (χ1v) is 6.18. The van der Waals surface area contributed by atoms with E-state index in [1.807, 2.05) is 36.4 Å². The Morgan fingerprint density at radius 1 is 1.06 bits per heavy atom. The molecule has 0 aliphatic carbocycles. The van der Waals surface area contributed by atoms with Gasteiger partial charge in [0, 0.05) is 10.6 Å². The summed E-state index contributed by atoms with van der Waals surface area (Å²) in [6.07, 6.45) is 0.829. The molecule has 0 fully saturated rings. The highest BCUT2D eigenvalue weighted by molar-refractivity contribution is 6.30. The van der Waals surface area contributed by atoms with Crippen molar-refractivity contribution in [1.29, 1.82) is 0 Å². The SMILES string of the molecule is NCC#Cc1ccc(Cl)cc1Cc1ccccc1. The molecule has 2 aromatic carbocycles. The van der Waals surface area contributed by atoms with E-state index in [0.717, 1.165) is 22.6 Å². The smallest absolute Gasteiger partial charge is 0.0555 e. The molecular weight excluding hydrogens is 242 g/mol. The van der Waals surface area contributed by atoms with Gasteiger partial charge in [0.1, 0.15) is 0 Å². The largest absolute Gasteiger partial charge is 0.320 e. The first-order valence-electron chi connectivity index (χ1n) is 5.81. The van der Waals surface area contributed by atoms with Gasteiger partial charge in [-0.1, -0.05) is 53.8 Å². The molecule has 18 heavy (non-hydrogen) atoms. The zero-order chi connectivity index (χ0) is 12.8. The van der Waals surface area contributed by atoms with Crippen LogP contribution < -0.4 is 5.73 Å². The second kappa shape index (κ2) is 6.26. The Morgan fingerprint density at radius 3 is 2.56 bits per heavy atom. The molecule has 0 aromatic heterocycles. The molecule has 0 heterocycles. The Balaban J connectivity index is 2.33. The standard InChI is InChI=1S/C16H14ClN/c17-16-9-8-14(7-4-10-18)15(12-16)11-13-5-2-1-3-6-13/h1-3,5-6,8-9,12H,10-11,18H2. The number of benzene rings is 2. The molecule has 0 saturated heterocycles. The summed E-state index contributed by atoms with van der Waals surface area (Å²) in [6.45, 7) is 0.368. The maximum atomic E-state index is 6.04. The van der Waals surface area contributed by atoms with E-state index < -0.39 is 0 Å². The Kier molecular flexibility index (Phi) is 4.41. The van der Waals surface area contributed by atoms with Crippen LogP contribution in [0.3, 0.4) is 0 Å². The van der Waals surface area contributed by atoms with E-state index in [1.54, 1.807) is 0 Å². The average molecular weight is 256 g/mol. The normalized spacial score (nSPS) is 9.67. The van der Waals surface area contributed by atoms with Gasteiger partial charge in [0.2, 0.25) is 0 Å². The lowest BCUT2D eigenvalue weighted by Gasteiger charge is -2.05. The van der Waals surface area contributed by atoms with E-state index in [2.05, 4.69) is 24.0 Å². The predicted molar refractivity (Wildman–Crippen MR) is 76.6 cm³/mol. The monoisotopic (exact) mass is 255 g/mol. The third kappa shape index (κ3) is 3.37. The number of hydrogen-bond donors (Lipinski definition) is 1. The fourth-order valence-corrected chi connectivity index (χ4v) is 1.99. The highest BCUT2D eigenvalue weighted by atomic mass is 35.5. The minimum atomic E-state index is 0.368. The number of hydrogen-bond acceptors (Lipinski definition) is 1. The van der Waals surface area contributed by atoms with Crippen LogP contribution in [0.25, 0.3) is 0 Å². The van der Waals surface area contributed by atoms with Gasteiger partial charge in [0.15, 0.2) is 0 Å². The van der Waals surface area contributed by atoms with Gasteiger partial charge < -0.3 is 5.73 Å². The fourth-order valence-electron chi connectivity index (χ4n) is 1.79. The van der Waals surface area contributed by atoms with E-state index in [4.69, 9.17) is 17.3 Å². The summed E-state index contributed by atoms with van der Waals surface area (Å²) in [7, 11) is 0. The minimum Gasteiger partial charge on any atom is -0.320 e. The Bertz CT molecular complexity index is 579. The average Bonchev–Trinajstić information content (AvgIpc) is 2.39. The first kappa shape index (κ1) is 12.7. The maximum absolute atomic E-state index is 6.04. The molecule has 0 spiro atoms. The molecule has 90 valence electrons. The summed E-state index contributed by atoms with van der Waals surface area (Å²) in [6, 6.07) is 16.0. The highest BCUT2D eigenvalue weighted by Gasteiger charge is 2.02. The molecule has 0 saturated carbocycles. The highest BCUT2D eigenvalue weighted by Crippen LogP contribution is 2.18. The van der Waals surface area contributed by atoms with Gasteiger partial charge in [-0.2, -0.15) is 0 Å². The Labute approximate surface area is 113 Å². The molecule has 0 radical (unpaired) electrons. The molecule has 0 bridgehead atoms. The van der Waals surface area contributed by atoms with E-state index in [1.165, 1.54) is 5.56 Å². The van der Waals surface area contributed by atoms with Crippen molar-refractivity contribution in [2.24, 2.45) is 5.73 Å². The summed E-state index contributed by atoms with van der Waals surface area (Å²) in [5, 5.41) is 0.735. The Morgan fingerprint density at radius 2 is 1.83 bits per heavy atom. The molecule has 2 rings (SSSR count). The number of halogens is 1. The number of nitrogens with two attached hydrogens (primary N) is 1. The molecule has 0 aliphatic rings. The third-order valence-electron chi connectivity index (χ3n) is 2.63. The van der Waals surface area contributed by atoms with Crippen molar-refractivity contribution >= 4 is 11.6 Å². The number of rotatable bonds is 2. The molecule has 2 N–H and O–H groups in total. The van der Waals surface area contributed by atoms with Gasteiger partial charge in [-0.15, -0.1) is 0 Å². The Hall–Kier alpha value is -1.75. The lowest BCUT2D eigenvalue weighted by molar-refractivity contribution is 1.18. The third-order valence-corrected chi connectivity index (χ3v) is 2.86. The molecular formula is C16H14ClN. The van der Waals surface area contributed by atoms with E-state index in [9.17, 15) is 0 Å². The maximum Gasteiger partial charge on any atom is 0.0555 e. The molecule has 0 unspecified atom stereocenters. The second-order valence-corrected chi connectivity index (χ2v) is 4.41. The van der Waals surface area contributed by atoms with E-state index in [-0.39, 0.29) is 0 Å². The van der Waals surface area contributed by atoms with E-state index >= 15 is 0 Å². The molecule has 2 aromatic rings. The van der Waals surface area contributed by atoms with Crippen LogP contribution >= 0.6 is 11.6 Å². The van der Waals surface area contributed by atoms with Crippen LogP contribution in [0.15, 0.2) is 48.5 Å². The van der Waals surface area contributed by atoms with E-state index in [0.29, 0.717) is 6.54 Å². The molecule has 0 aliphatic heterocycles. The van der Waals surface area contributed by atoms with Crippen molar-refractivity contribution in [3.05, 3.63) is 70.2 Å². The molecule has 1 nitrogen and oxygen atoms in total. The zero-order valence-electron chi connectivity index (χ0n) is 9.99. The zero-order valence-corrected chi connectivity index (χ0v) is 10.7. The fraction of sp³-hybridized carbons (Fsp3) is 0.125. The quantitative estimate of drug-likeness (QED) is 0.820. The summed E-state index contributed by atoms with van der Waals surface area (Å²) < 4.78 is 0. The van der Waals surface area contributed by atoms with Crippen LogP contribution in [0, 0.1) is 11.8 Å².